The predicted molar refractivity (Wildman–Crippen MR) is 87.0 cm³/mol. The van der Waals surface area contributed by atoms with Crippen LogP contribution in [0.4, 0.5) is 0 Å². The summed E-state index contributed by atoms with van der Waals surface area (Å²) in [5, 5.41) is 2.67. The van der Waals surface area contributed by atoms with Crippen LogP contribution in [-0.2, 0) is 6.42 Å². The molecule has 104 valence electrons. The second-order valence-electron chi connectivity index (χ2n) is 5.46. The molecule has 3 N–H and O–H groups in total. The van der Waals surface area contributed by atoms with Gasteiger partial charge in [-0.15, -0.1) is 0 Å². The maximum absolute atomic E-state index is 5.53. The number of aromatic nitrogens is 1. The Morgan fingerprint density at radius 2 is 1.60 bits per heavy atom. The zero-order valence-corrected chi connectivity index (χ0v) is 11.9. The van der Waals surface area contributed by atoms with Crippen LogP contribution in [0.3, 0.4) is 0 Å². The summed E-state index contributed by atoms with van der Waals surface area (Å²) < 4.78 is 0. The van der Waals surface area contributed by atoms with Gasteiger partial charge >= 0.3 is 0 Å². The summed E-state index contributed by atoms with van der Waals surface area (Å²) in [6.07, 6.45) is 6.06. The Balaban J connectivity index is 1.84. The molecule has 0 fully saturated rings. The van der Waals surface area contributed by atoms with Gasteiger partial charge in [-0.25, -0.2) is 0 Å². The predicted octanol–water partition coefficient (Wildman–Crippen LogP) is 4.38. The molecule has 20 heavy (non-hydrogen) atoms. The minimum Gasteiger partial charge on any atom is -0.354 e. The molecule has 0 radical (unpaired) electrons. The third-order valence-corrected chi connectivity index (χ3v) is 4.03. The Kier molecular flexibility index (Phi) is 4.03. The van der Waals surface area contributed by atoms with Crippen molar-refractivity contribution in [2.75, 3.05) is 6.54 Å². The van der Waals surface area contributed by atoms with E-state index in [1.165, 1.54) is 46.6 Å². The van der Waals surface area contributed by atoms with Crippen LogP contribution >= 0.6 is 0 Å². The van der Waals surface area contributed by atoms with Gasteiger partial charge in [0.15, 0.2) is 0 Å². The van der Waals surface area contributed by atoms with Gasteiger partial charge in [0, 0.05) is 21.8 Å². The lowest BCUT2D eigenvalue weighted by Gasteiger charge is -2.03. The number of hydrogen-bond acceptors (Lipinski definition) is 1. The van der Waals surface area contributed by atoms with Gasteiger partial charge in [0.25, 0.3) is 0 Å². The molecule has 0 saturated heterocycles. The molecule has 1 heterocycles. The first-order valence-corrected chi connectivity index (χ1v) is 7.58. The fourth-order valence-electron chi connectivity index (χ4n) is 2.96. The summed E-state index contributed by atoms with van der Waals surface area (Å²) in [5.74, 6) is 0. The van der Waals surface area contributed by atoms with E-state index in [4.69, 9.17) is 5.73 Å². The number of rotatable bonds is 6. The highest BCUT2D eigenvalue weighted by Crippen LogP contribution is 2.28. The average molecular weight is 266 g/mol. The second kappa shape index (κ2) is 6.10. The highest BCUT2D eigenvalue weighted by atomic mass is 14.7. The second-order valence-corrected chi connectivity index (χ2v) is 5.46. The van der Waals surface area contributed by atoms with Crippen LogP contribution in [0.2, 0.25) is 0 Å². The van der Waals surface area contributed by atoms with Crippen LogP contribution < -0.4 is 5.73 Å². The summed E-state index contributed by atoms with van der Waals surface area (Å²) in [4.78, 5) is 3.58. The molecule has 1 aromatic heterocycles. The van der Waals surface area contributed by atoms with Crippen molar-refractivity contribution < 1.29 is 0 Å². The van der Waals surface area contributed by atoms with E-state index in [0.717, 1.165) is 19.4 Å². The van der Waals surface area contributed by atoms with Crippen molar-refractivity contribution >= 4 is 21.8 Å². The average Bonchev–Trinajstić information content (AvgIpc) is 2.87. The van der Waals surface area contributed by atoms with Crippen molar-refractivity contribution in [1.29, 1.82) is 0 Å². The molecular weight excluding hydrogens is 244 g/mol. The minimum atomic E-state index is 0.817. The summed E-state index contributed by atoms with van der Waals surface area (Å²) >= 11 is 0. The first-order valence-electron chi connectivity index (χ1n) is 7.58. The molecule has 3 rings (SSSR count). The fourth-order valence-corrected chi connectivity index (χ4v) is 2.96. The first-order chi connectivity index (χ1) is 9.90. The molecule has 0 aliphatic rings. The molecular formula is C18H22N2. The van der Waals surface area contributed by atoms with Gasteiger partial charge < -0.3 is 10.7 Å². The van der Waals surface area contributed by atoms with Crippen molar-refractivity contribution in [2.45, 2.75) is 32.1 Å². The van der Waals surface area contributed by atoms with Crippen LogP contribution in [0.5, 0.6) is 0 Å². The normalized spacial score (nSPS) is 11.4. The van der Waals surface area contributed by atoms with Gasteiger partial charge in [-0.3, -0.25) is 0 Å². The Morgan fingerprint density at radius 3 is 2.50 bits per heavy atom. The first kappa shape index (κ1) is 13.2. The Labute approximate surface area is 120 Å². The summed E-state index contributed by atoms with van der Waals surface area (Å²) in [5.41, 5.74) is 9.52. The van der Waals surface area contributed by atoms with Crippen molar-refractivity contribution in [3.8, 4) is 0 Å². The molecule has 2 aromatic carbocycles. The molecule has 0 aliphatic heterocycles. The quantitative estimate of drug-likeness (QED) is 0.639. The van der Waals surface area contributed by atoms with E-state index < -0.39 is 0 Å². The van der Waals surface area contributed by atoms with Crippen LogP contribution in [0.25, 0.3) is 21.8 Å². The van der Waals surface area contributed by atoms with E-state index in [0.29, 0.717) is 0 Å². The van der Waals surface area contributed by atoms with Crippen LogP contribution in [0.15, 0.2) is 42.5 Å². The number of benzene rings is 2. The summed E-state index contributed by atoms with van der Waals surface area (Å²) in [7, 11) is 0. The number of H-pyrrole nitrogens is 1. The number of hydrogen-bond donors (Lipinski definition) is 2. The van der Waals surface area contributed by atoms with Crippen molar-refractivity contribution in [3.05, 3.63) is 48.0 Å². The van der Waals surface area contributed by atoms with E-state index in [-0.39, 0.29) is 0 Å². The zero-order valence-electron chi connectivity index (χ0n) is 11.9. The third-order valence-electron chi connectivity index (χ3n) is 4.03. The molecule has 0 saturated carbocycles. The van der Waals surface area contributed by atoms with Gasteiger partial charge in [-0.1, -0.05) is 49.2 Å². The van der Waals surface area contributed by atoms with Crippen molar-refractivity contribution in [1.82, 2.24) is 4.98 Å². The molecule has 0 bridgehead atoms. The topological polar surface area (TPSA) is 41.8 Å². The Bertz CT molecular complexity index is 697. The number of aromatic amines is 1. The lowest BCUT2D eigenvalue weighted by Crippen LogP contribution is -1.97. The number of nitrogens with one attached hydrogen (secondary N) is 1. The molecule has 2 nitrogen and oxygen atoms in total. The summed E-state index contributed by atoms with van der Waals surface area (Å²) in [6.45, 7) is 0.817. The smallest absolute Gasteiger partial charge is 0.0497 e. The van der Waals surface area contributed by atoms with E-state index in [9.17, 15) is 0 Å². The van der Waals surface area contributed by atoms with Crippen LogP contribution in [-0.4, -0.2) is 11.5 Å². The van der Waals surface area contributed by atoms with Gasteiger partial charge in [0.1, 0.15) is 0 Å². The maximum atomic E-state index is 5.53. The number of para-hydroxylation sites is 2. The molecule has 0 atom stereocenters. The highest BCUT2D eigenvalue weighted by molar-refractivity contribution is 6.08. The number of nitrogens with two attached hydrogens (primary N) is 1. The van der Waals surface area contributed by atoms with Crippen LogP contribution in [0, 0.1) is 0 Å². The molecule has 0 aliphatic carbocycles. The largest absolute Gasteiger partial charge is 0.354 e. The Hall–Kier alpha value is -1.80. The zero-order chi connectivity index (χ0) is 13.8. The highest BCUT2D eigenvalue weighted by Gasteiger charge is 2.06. The fraction of sp³-hybridized carbons (Fsp3) is 0.333. The van der Waals surface area contributed by atoms with E-state index in [2.05, 4.69) is 47.4 Å². The molecule has 2 heteroatoms. The standard InChI is InChI=1S/C18H22N2/c19-13-6-2-1-3-8-14-9-7-11-16-15-10-4-5-12-17(15)20-18(14)16/h4-5,7,9-12,20H,1-3,6,8,13,19H2. The van der Waals surface area contributed by atoms with Gasteiger partial charge in [-0.2, -0.15) is 0 Å². The lowest BCUT2D eigenvalue weighted by atomic mass is 10.0. The van der Waals surface area contributed by atoms with E-state index in [1.807, 2.05) is 0 Å². The van der Waals surface area contributed by atoms with E-state index in [1.54, 1.807) is 0 Å². The van der Waals surface area contributed by atoms with E-state index >= 15 is 0 Å². The molecule has 0 spiro atoms. The summed E-state index contributed by atoms with van der Waals surface area (Å²) in [6, 6.07) is 15.2. The number of fused-ring (bicyclic) bond motifs is 3. The van der Waals surface area contributed by atoms with Gasteiger partial charge in [0.2, 0.25) is 0 Å². The van der Waals surface area contributed by atoms with Crippen molar-refractivity contribution in [3.63, 3.8) is 0 Å². The minimum absolute atomic E-state index is 0.817. The van der Waals surface area contributed by atoms with Gasteiger partial charge in [0.05, 0.1) is 0 Å². The third kappa shape index (κ3) is 2.56. The molecule has 3 aromatic rings. The number of unbranched alkanes of at least 4 members (excludes halogenated alkanes) is 3. The molecule has 0 unspecified atom stereocenters. The van der Waals surface area contributed by atoms with Crippen LogP contribution in [0.1, 0.15) is 31.2 Å². The molecule has 0 amide bonds. The monoisotopic (exact) mass is 266 g/mol. The van der Waals surface area contributed by atoms with Crippen molar-refractivity contribution in [2.24, 2.45) is 5.73 Å². The number of aryl methyl sites for hydroxylation is 1. The lowest BCUT2D eigenvalue weighted by molar-refractivity contribution is 0.647. The Morgan fingerprint density at radius 1 is 0.800 bits per heavy atom. The maximum Gasteiger partial charge on any atom is 0.0497 e. The van der Waals surface area contributed by atoms with Gasteiger partial charge in [-0.05, 0) is 37.4 Å². The SMILES string of the molecule is NCCCCCCc1cccc2c1[nH]c1ccccc12.